The van der Waals surface area contributed by atoms with E-state index in [1.165, 1.54) is 6.07 Å². The Hall–Kier alpha value is -1.70. The van der Waals surface area contributed by atoms with Gasteiger partial charge in [-0.1, -0.05) is 0 Å². The van der Waals surface area contributed by atoms with E-state index in [0.717, 1.165) is 6.42 Å². The summed E-state index contributed by atoms with van der Waals surface area (Å²) < 4.78 is 36.8. The van der Waals surface area contributed by atoms with Gasteiger partial charge in [0.15, 0.2) is 27.4 Å². The van der Waals surface area contributed by atoms with Crippen molar-refractivity contribution in [3.8, 4) is 0 Å². The Morgan fingerprint density at radius 1 is 1.33 bits per heavy atom. The fraction of sp³-hybridized carbons (Fsp3) is 0.611. The minimum absolute atomic E-state index is 0. The molecule has 3 rings (SSSR count). The number of nitrogens with zero attached hydrogens (tertiary/aromatic N) is 3. The summed E-state index contributed by atoms with van der Waals surface area (Å²) in [7, 11) is -1.37. The molecule has 1 amide bonds. The maximum Gasteiger partial charge on any atom is 0.222 e. The second-order valence-electron chi connectivity index (χ2n) is 7.30. The number of carbonyl (C=O) groups excluding carboxylic acids is 1. The average Bonchev–Trinajstić information content (AvgIpc) is 3.27. The highest BCUT2D eigenvalue weighted by Gasteiger charge is 2.29. The third kappa shape index (κ3) is 6.93. The van der Waals surface area contributed by atoms with E-state index in [9.17, 15) is 17.6 Å². The van der Waals surface area contributed by atoms with E-state index in [-0.39, 0.29) is 65.7 Å². The molecule has 0 saturated carbocycles. The highest BCUT2D eigenvalue weighted by Crippen LogP contribution is 2.20. The van der Waals surface area contributed by atoms with Gasteiger partial charge >= 0.3 is 0 Å². The zero-order chi connectivity index (χ0) is 20.9. The number of anilines is 1. The van der Waals surface area contributed by atoms with Gasteiger partial charge in [0.25, 0.3) is 0 Å². The van der Waals surface area contributed by atoms with Crippen molar-refractivity contribution in [3.05, 3.63) is 24.1 Å². The summed E-state index contributed by atoms with van der Waals surface area (Å²) >= 11 is 0. The molecule has 2 fully saturated rings. The Morgan fingerprint density at radius 3 is 2.80 bits per heavy atom. The maximum atomic E-state index is 13.9. The zero-order valence-electron chi connectivity index (χ0n) is 16.8. The Kier molecular flexibility index (Phi) is 9.07. The van der Waals surface area contributed by atoms with Crippen molar-refractivity contribution in [1.29, 1.82) is 0 Å². The summed E-state index contributed by atoms with van der Waals surface area (Å²) in [5.74, 6) is 0.544. The first-order chi connectivity index (χ1) is 13.9. The lowest BCUT2D eigenvalue weighted by atomic mass is 10.2. The molecule has 0 aliphatic carbocycles. The molecule has 1 aromatic rings. The van der Waals surface area contributed by atoms with Gasteiger partial charge in [-0.25, -0.2) is 17.8 Å². The van der Waals surface area contributed by atoms with Crippen LogP contribution in [0.3, 0.4) is 0 Å². The van der Waals surface area contributed by atoms with Crippen LogP contribution in [0.15, 0.2) is 23.3 Å². The van der Waals surface area contributed by atoms with Crippen molar-refractivity contribution in [2.45, 2.75) is 31.3 Å². The number of amides is 1. The number of aliphatic imine (C=N–C) groups is 1. The van der Waals surface area contributed by atoms with Gasteiger partial charge in [0.05, 0.1) is 11.5 Å². The summed E-state index contributed by atoms with van der Waals surface area (Å²) in [5.41, 5.74) is 0. The minimum Gasteiger partial charge on any atom is -0.356 e. The number of guanidine groups is 1. The van der Waals surface area contributed by atoms with Crippen molar-refractivity contribution in [2.75, 3.05) is 43.1 Å². The molecule has 2 unspecified atom stereocenters. The standard InChI is InChI=1S/C18H27FN6O3S.HI/c1-20-18(22-8-4-16(26)23-14-6-10-29(27,28)12-14)24-13-5-9-25(11-13)17-15(19)3-2-7-21-17;/h2-3,7,13-14H,4-6,8-12H2,1H3,(H,23,26)(H2,20,22,24);1H. The average molecular weight is 554 g/mol. The largest absolute Gasteiger partial charge is 0.356 e. The van der Waals surface area contributed by atoms with Gasteiger partial charge in [0.1, 0.15) is 0 Å². The van der Waals surface area contributed by atoms with E-state index >= 15 is 0 Å². The predicted octanol–water partition coefficient (Wildman–Crippen LogP) is 0.276. The van der Waals surface area contributed by atoms with Gasteiger partial charge in [0.2, 0.25) is 5.91 Å². The Bertz CT molecular complexity index is 869. The number of sulfone groups is 1. The van der Waals surface area contributed by atoms with Crippen LogP contribution < -0.4 is 20.9 Å². The molecule has 1 aromatic heterocycles. The van der Waals surface area contributed by atoms with E-state index in [0.29, 0.717) is 37.8 Å². The van der Waals surface area contributed by atoms with E-state index < -0.39 is 9.84 Å². The molecule has 2 saturated heterocycles. The van der Waals surface area contributed by atoms with Crippen molar-refractivity contribution < 1.29 is 17.6 Å². The zero-order valence-corrected chi connectivity index (χ0v) is 20.0. The van der Waals surface area contributed by atoms with Gasteiger partial charge in [-0.2, -0.15) is 0 Å². The summed E-state index contributed by atoms with van der Waals surface area (Å²) in [6.45, 7) is 1.66. The van der Waals surface area contributed by atoms with Crippen molar-refractivity contribution in [3.63, 3.8) is 0 Å². The summed E-state index contributed by atoms with van der Waals surface area (Å²) in [6.07, 6.45) is 3.08. The lowest BCUT2D eigenvalue weighted by Crippen LogP contribution is -2.46. The highest BCUT2D eigenvalue weighted by atomic mass is 127. The molecule has 9 nitrogen and oxygen atoms in total. The molecule has 12 heteroatoms. The number of nitrogens with one attached hydrogen (secondary N) is 3. The smallest absolute Gasteiger partial charge is 0.222 e. The molecule has 168 valence electrons. The van der Waals surface area contributed by atoms with E-state index in [1.54, 1.807) is 19.3 Å². The number of carbonyl (C=O) groups is 1. The number of rotatable bonds is 6. The molecule has 0 radical (unpaired) electrons. The molecule has 3 N–H and O–H groups in total. The van der Waals surface area contributed by atoms with Crippen LogP contribution in [0.5, 0.6) is 0 Å². The van der Waals surface area contributed by atoms with E-state index in [2.05, 4.69) is 25.9 Å². The van der Waals surface area contributed by atoms with E-state index in [1.807, 2.05) is 4.90 Å². The van der Waals surface area contributed by atoms with Crippen LogP contribution in [0.2, 0.25) is 0 Å². The van der Waals surface area contributed by atoms with Crippen LogP contribution in [0.25, 0.3) is 0 Å². The second-order valence-corrected chi connectivity index (χ2v) is 9.53. The first kappa shape index (κ1) is 24.6. The van der Waals surface area contributed by atoms with E-state index in [4.69, 9.17) is 0 Å². The first-order valence-corrected chi connectivity index (χ1v) is 11.5. The molecule has 3 heterocycles. The van der Waals surface area contributed by atoms with Crippen molar-refractivity contribution in [1.82, 2.24) is 20.9 Å². The highest BCUT2D eigenvalue weighted by molar-refractivity contribution is 14.0. The molecule has 2 atom stereocenters. The lowest BCUT2D eigenvalue weighted by molar-refractivity contribution is -0.121. The minimum atomic E-state index is -3.01. The number of pyridine rings is 1. The fourth-order valence-electron chi connectivity index (χ4n) is 3.57. The quantitative estimate of drug-likeness (QED) is 0.263. The maximum absolute atomic E-state index is 13.9. The fourth-order valence-corrected chi connectivity index (χ4v) is 5.24. The molecule has 0 aromatic carbocycles. The number of halogens is 2. The molecule has 30 heavy (non-hydrogen) atoms. The van der Waals surface area contributed by atoms with Gasteiger partial charge in [-0.05, 0) is 25.0 Å². The van der Waals surface area contributed by atoms with Gasteiger partial charge < -0.3 is 20.9 Å². The lowest BCUT2D eigenvalue weighted by Gasteiger charge is -2.20. The SMILES string of the molecule is CN=C(NCCC(=O)NC1CCS(=O)(=O)C1)NC1CCN(c2ncccc2F)C1.I. The molecule has 2 aliphatic heterocycles. The van der Waals surface area contributed by atoms with Gasteiger partial charge in [-0.3, -0.25) is 9.79 Å². The van der Waals surface area contributed by atoms with Crippen LogP contribution >= 0.6 is 24.0 Å². The molecule has 0 spiro atoms. The third-order valence-corrected chi connectivity index (χ3v) is 6.80. The predicted molar refractivity (Wildman–Crippen MR) is 125 cm³/mol. The topological polar surface area (TPSA) is 116 Å². The first-order valence-electron chi connectivity index (χ1n) is 9.69. The van der Waals surface area contributed by atoms with Crippen molar-refractivity contribution >= 4 is 51.5 Å². The summed E-state index contributed by atoms with van der Waals surface area (Å²) in [4.78, 5) is 22.2. The summed E-state index contributed by atoms with van der Waals surface area (Å²) in [5, 5.41) is 9.13. The molecule has 2 aliphatic rings. The Balaban J connectivity index is 0.00000320. The Labute approximate surface area is 193 Å². The summed E-state index contributed by atoms with van der Waals surface area (Å²) in [6, 6.07) is 2.76. The molecular weight excluding hydrogens is 526 g/mol. The Morgan fingerprint density at radius 2 is 2.13 bits per heavy atom. The molecular formula is C18H28FIN6O3S. The third-order valence-electron chi connectivity index (χ3n) is 5.03. The van der Waals surface area contributed by atoms with Crippen LogP contribution in [-0.2, 0) is 14.6 Å². The van der Waals surface area contributed by atoms with Crippen LogP contribution in [0.1, 0.15) is 19.3 Å². The number of aromatic nitrogens is 1. The normalized spacial score (nSPS) is 23.0. The number of hydrogen-bond donors (Lipinski definition) is 3. The molecule has 0 bridgehead atoms. The van der Waals surface area contributed by atoms with Gasteiger partial charge in [0, 0.05) is 51.4 Å². The van der Waals surface area contributed by atoms with Crippen LogP contribution in [0, 0.1) is 5.82 Å². The van der Waals surface area contributed by atoms with Gasteiger partial charge in [-0.15, -0.1) is 24.0 Å². The van der Waals surface area contributed by atoms with Crippen LogP contribution in [0.4, 0.5) is 10.2 Å². The monoisotopic (exact) mass is 554 g/mol. The second kappa shape index (κ2) is 11.1. The number of hydrogen-bond acceptors (Lipinski definition) is 6. The van der Waals surface area contributed by atoms with Crippen molar-refractivity contribution in [2.24, 2.45) is 4.99 Å². The van der Waals surface area contributed by atoms with Crippen LogP contribution in [-0.4, -0.2) is 75.5 Å².